The molecule has 0 amide bonds. The van der Waals surface area contributed by atoms with Crippen molar-refractivity contribution in [1.82, 2.24) is 0 Å². The highest BCUT2D eigenvalue weighted by Gasteiger charge is 2.41. The van der Waals surface area contributed by atoms with Crippen LogP contribution in [0.5, 0.6) is 0 Å². The number of methoxy groups -OCH3 is 1. The Morgan fingerprint density at radius 1 is 1.56 bits per heavy atom. The van der Waals surface area contributed by atoms with E-state index in [2.05, 4.69) is 0 Å². The Balaban J connectivity index is 2.70. The summed E-state index contributed by atoms with van der Waals surface area (Å²) < 4.78 is 5.31. The van der Waals surface area contributed by atoms with Crippen LogP contribution in [0, 0.1) is 5.41 Å². The van der Waals surface area contributed by atoms with Gasteiger partial charge in [-0.1, -0.05) is 6.92 Å². The van der Waals surface area contributed by atoms with Crippen molar-refractivity contribution in [3.05, 3.63) is 0 Å². The monoisotopic (exact) mass is 229 g/mol. The molecule has 0 bridgehead atoms. The maximum atomic E-state index is 11.0. The molecule has 1 unspecified atom stereocenters. The van der Waals surface area contributed by atoms with Crippen LogP contribution < -0.4 is 5.73 Å². The van der Waals surface area contributed by atoms with Crippen molar-refractivity contribution < 1.29 is 14.6 Å². The van der Waals surface area contributed by atoms with Crippen molar-refractivity contribution >= 4 is 5.97 Å². The van der Waals surface area contributed by atoms with E-state index in [9.17, 15) is 4.79 Å². The number of carboxylic acid groups (broad SMARTS) is 1. The van der Waals surface area contributed by atoms with E-state index in [1.807, 2.05) is 6.92 Å². The van der Waals surface area contributed by atoms with Crippen LogP contribution in [0.15, 0.2) is 0 Å². The number of hydrogen-bond donors (Lipinski definition) is 2. The second kappa shape index (κ2) is 5.64. The quantitative estimate of drug-likeness (QED) is 0.753. The zero-order chi connectivity index (χ0) is 12.2. The van der Waals surface area contributed by atoms with Crippen molar-refractivity contribution in [1.29, 1.82) is 0 Å². The summed E-state index contributed by atoms with van der Waals surface area (Å²) >= 11 is 0. The van der Waals surface area contributed by atoms with Crippen molar-refractivity contribution in [2.24, 2.45) is 11.1 Å². The summed E-state index contributed by atoms with van der Waals surface area (Å²) in [4.78, 5) is 11.0. The van der Waals surface area contributed by atoms with E-state index in [1.54, 1.807) is 7.11 Å². The first-order chi connectivity index (χ1) is 7.54. The number of nitrogens with two attached hydrogens (primary N) is 1. The Kier molecular flexibility index (Phi) is 4.74. The fraction of sp³-hybridized carbons (Fsp3) is 0.917. The fourth-order valence-corrected chi connectivity index (χ4v) is 2.81. The van der Waals surface area contributed by atoms with Crippen LogP contribution in [-0.2, 0) is 9.53 Å². The van der Waals surface area contributed by atoms with E-state index in [0.717, 1.165) is 32.1 Å². The normalized spacial score (nSPS) is 32.3. The Hall–Kier alpha value is -0.610. The summed E-state index contributed by atoms with van der Waals surface area (Å²) in [6.45, 7) is 2.02. The molecule has 3 N–H and O–H groups in total. The van der Waals surface area contributed by atoms with Gasteiger partial charge in [-0.3, -0.25) is 4.79 Å². The number of rotatable bonds is 5. The molecule has 0 spiro atoms. The van der Waals surface area contributed by atoms with Crippen LogP contribution in [0.4, 0.5) is 0 Å². The number of aliphatic carboxylic acids is 1. The van der Waals surface area contributed by atoms with Crippen molar-refractivity contribution in [3.63, 3.8) is 0 Å². The Bertz CT molecular complexity index is 234. The minimum absolute atomic E-state index is 0.0126. The highest BCUT2D eigenvalue weighted by molar-refractivity contribution is 5.67. The lowest BCUT2D eigenvalue weighted by Crippen LogP contribution is -2.46. The Morgan fingerprint density at radius 3 is 2.50 bits per heavy atom. The molecule has 0 radical (unpaired) electrons. The molecule has 0 heterocycles. The van der Waals surface area contributed by atoms with E-state index < -0.39 is 5.97 Å². The molecule has 4 nitrogen and oxygen atoms in total. The molecule has 0 aromatic carbocycles. The lowest BCUT2D eigenvalue weighted by atomic mass is 9.66. The molecular formula is C12H23NO3. The predicted molar refractivity (Wildman–Crippen MR) is 62.2 cm³/mol. The van der Waals surface area contributed by atoms with Crippen LogP contribution >= 0.6 is 0 Å². The summed E-state index contributed by atoms with van der Waals surface area (Å²) in [5.41, 5.74) is 5.90. The highest BCUT2D eigenvalue weighted by Crippen LogP contribution is 2.43. The average Bonchev–Trinajstić information content (AvgIpc) is 2.28. The minimum Gasteiger partial charge on any atom is -0.481 e. The molecule has 0 aromatic heterocycles. The fourth-order valence-electron chi connectivity index (χ4n) is 2.81. The van der Waals surface area contributed by atoms with E-state index in [1.165, 1.54) is 0 Å². The van der Waals surface area contributed by atoms with Gasteiger partial charge in [0.25, 0.3) is 0 Å². The molecule has 1 aliphatic carbocycles. The van der Waals surface area contributed by atoms with E-state index in [0.29, 0.717) is 0 Å². The van der Waals surface area contributed by atoms with E-state index >= 15 is 0 Å². The topological polar surface area (TPSA) is 72.6 Å². The molecule has 0 aliphatic heterocycles. The van der Waals surface area contributed by atoms with Gasteiger partial charge in [-0.05, 0) is 37.5 Å². The molecular weight excluding hydrogens is 206 g/mol. The zero-order valence-electron chi connectivity index (χ0n) is 10.2. The molecule has 0 saturated heterocycles. The number of ether oxygens (including phenoxy) is 1. The van der Waals surface area contributed by atoms with Crippen molar-refractivity contribution in [2.75, 3.05) is 7.11 Å². The first-order valence-corrected chi connectivity index (χ1v) is 6.04. The molecule has 94 valence electrons. The van der Waals surface area contributed by atoms with Crippen LogP contribution in [0.3, 0.4) is 0 Å². The molecule has 1 saturated carbocycles. The van der Waals surface area contributed by atoms with Gasteiger partial charge in [-0.2, -0.15) is 0 Å². The Labute approximate surface area is 97.2 Å². The third-order valence-corrected chi connectivity index (χ3v) is 3.99. The van der Waals surface area contributed by atoms with Gasteiger partial charge in [-0.15, -0.1) is 0 Å². The van der Waals surface area contributed by atoms with E-state index in [-0.39, 0.29) is 24.0 Å². The average molecular weight is 229 g/mol. The lowest BCUT2D eigenvalue weighted by Gasteiger charge is -2.42. The van der Waals surface area contributed by atoms with Gasteiger partial charge < -0.3 is 15.6 Å². The minimum atomic E-state index is -0.736. The highest BCUT2D eigenvalue weighted by atomic mass is 16.5. The third-order valence-electron chi connectivity index (χ3n) is 3.99. The van der Waals surface area contributed by atoms with Gasteiger partial charge in [0.15, 0.2) is 0 Å². The van der Waals surface area contributed by atoms with E-state index in [4.69, 9.17) is 15.6 Å². The standard InChI is InChI=1S/C12H23NO3/c1-3-10(13)12(8-11(14)15)6-4-9(16-2)5-7-12/h9-10H,3-8,13H2,1-2H3,(H,14,15). The summed E-state index contributed by atoms with van der Waals surface area (Å²) in [5, 5.41) is 9.01. The molecule has 0 aromatic rings. The van der Waals surface area contributed by atoms with Gasteiger partial charge in [0.1, 0.15) is 0 Å². The van der Waals surface area contributed by atoms with Crippen LogP contribution in [0.25, 0.3) is 0 Å². The number of hydrogen-bond acceptors (Lipinski definition) is 3. The van der Waals surface area contributed by atoms with Crippen molar-refractivity contribution in [2.45, 2.75) is 57.6 Å². The molecule has 1 aliphatic rings. The Morgan fingerprint density at radius 2 is 2.12 bits per heavy atom. The predicted octanol–water partition coefficient (Wildman–Crippen LogP) is 1.77. The maximum Gasteiger partial charge on any atom is 0.303 e. The SMILES string of the molecule is CCC(N)C1(CC(=O)O)CCC(OC)CC1. The molecule has 1 rings (SSSR count). The smallest absolute Gasteiger partial charge is 0.303 e. The second-order valence-electron chi connectivity index (χ2n) is 4.88. The van der Waals surface area contributed by atoms with Gasteiger partial charge in [-0.25, -0.2) is 0 Å². The summed E-state index contributed by atoms with van der Waals surface area (Å²) in [5.74, 6) is -0.736. The third kappa shape index (κ3) is 2.95. The van der Waals surface area contributed by atoms with Gasteiger partial charge >= 0.3 is 5.97 Å². The number of carboxylic acids is 1. The summed E-state index contributed by atoms with van der Waals surface area (Å²) in [6.07, 6.45) is 4.91. The number of carbonyl (C=O) groups is 1. The molecule has 1 fully saturated rings. The first kappa shape index (κ1) is 13.5. The van der Waals surface area contributed by atoms with Crippen LogP contribution in [-0.4, -0.2) is 30.3 Å². The van der Waals surface area contributed by atoms with Crippen LogP contribution in [0.1, 0.15) is 45.4 Å². The summed E-state index contributed by atoms with van der Waals surface area (Å²) in [6, 6.07) is -0.0126. The first-order valence-electron chi connectivity index (χ1n) is 6.04. The maximum absolute atomic E-state index is 11.0. The molecule has 1 atom stereocenters. The second-order valence-corrected chi connectivity index (χ2v) is 4.88. The van der Waals surface area contributed by atoms with Crippen molar-refractivity contribution in [3.8, 4) is 0 Å². The molecule has 16 heavy (non-hydrogen) atoms. The zero-order valence-corrected chi connectivity index (χ0v) is 10.2. The van der Waals surface area contributed by atoms with Gasteiger partial charge in [0, 0.05) is 13.2 Å². The lowest BCUT2D eigenvalue weighted by molar-refractivity contribution is -0.141. The largest absolute Gasteiger partial charge is 0.481 e. The molecule has 4 heteroatoms. The summed E-state index contributed by atoms with van der Waals surface area (Å²) in [7, 11) is 1.72. The van der Waals surface area contributed by atoms with Crippen LogP contribution in [0.2, 0.25) is 0 Å². The van der Waals surface area contributed by atoms with Gasteiger partial charge in [0.2, 0.25) is 0 Å². The van der Waals surface area contributed by atoms with Gasteiger partial charge in [0.05, 0.1) is 12.5 Å².